The highest BCUT2D eigenvalue weighted by Crippen LogP contribution is 2.26. The van der Waals surface area contributed by atoms with Gasteiger partial charge in [0, 0.05) is 10.2 Å². The number of carbonyl (C=O) groups is 1. The summed E-state index contributed by atoms with van der Waals surface area (Å²) in [5.74, 6) is -0.542. The predicted molar refractivity (Wildman–Crippen MR) is 75.0 cm³/mol. The molecule has 0 aliphatic rings. The van der Waals surface area contributed by atoms with Crippen LogP contribution in [0.4, 0.5) is 5.69 Å². The molecule has 0 unspecified atom stereocenters. The first-order chi connectivity index (χ1) is 8.28. The Morgan fingerprint density at radius 3 is 2.67 bits per heavy atom. The van der Waals surface area contributed by atoms with Crippen LogP contribution in [-0.4, -0.2) is 17.0 Å². The van der Waals surface area contributed by atoms with Crippen LogP contribution in [0.25, 0.3) is 0 Å². The molecule has 0 spiro atoms. The number of amides is 1. The van der Waals surface area contributed by atoms with Crippen LogP contribution >= 0.6 is 27.5 Å². The van der Waals surface area contributed by atoms with E-state index in [1.54, 1.807) is 32.0 Å². The Morgan fingerprint density at radius 2 is 2.17 bits per heavy atom. The lowest BCUT2D eigenvalue weighted by Crippen LogP contribution is -2.42. The lowest BCUT2D eigenvalue weighted by Gasteiger charge is -2.21. The average Bonchev–Trinajstić information content (AvgIpc) is 2.32. The number of carbonyl (C=O) groups excluding carboxylic acids is 1. The minimum absolute atomic E-state index is 0.159. The van der Waals surface area contributed by atoms with Crippen LogP contribution in [0.1, 0.15) is 13.8 Å². The fraction of sp³-hybridized carbons (Fsp3) is 0.273. The summed E-state index contributed by atoms with van der Waals surface area (Å²) in [5.41, 5.74) is 4.92. The van der Waals surface area contributed by atoms with Crippen molar-refractivity contribution in [2.45, 2.75) is 13.8 Å². The van der Waals surface area contributed by atoms with Crippen molar-refractivity contribution in [3.05, 3.63) is 27.7 Å². The molecule has 4 N–H and O–H groups in total. The summed E-state index contributed by atoms with van der Waals surface area (Å²) >= 11 is 9.11. The second-order valence-electron chi connectivity index (χ2n) is 4.19. The quantitative estimate of drug-likeness (QED) is 0.344. The standard InChI is InChI=1S/C11H13BrClN3O2/c1-11(2,9(14)16-18)10(17)15-6-3-4-8(13)7(12)5-6/h3-5,18H,1-2H3,(H2,14,16)(H,15,17). The van der Waals surface area contributed by atoms with Gasteiger partial charge in [0.05, 0.1) is 5.02 Å². The van der Waals surface area contributed by atoms with Gasteiger partial charge in [-0.15, -0.1) is 0 Å². The van der Waals surface area contributed by atoms with Crippen molar-refractivity contribution in [3.8, 4) is 0 Å². The second-order valence-corrected chi connectivity index (χ2v) is 5.45. The van der Waals surface area contributed by atoms with Crippen LogP contribution in [0.15, 0.2) is 27.8 Å². The zero-order valence-electron chi connectivity index (χ0n) is 9.87. The molecule has 0 saturated carbocycles. The number of hydrogen-bond donors (Lipinski definition) is 3. The smallest absolute Gasteiger partial charge is 0.237 e. The van der Waals surface area contributed by atoms with Gasteiger partial charge in [-0.3, -0.25) is 4.79 Å². The van der Waals surface area contributed by atoms with E-state index in [2.05, 4.69) is 26.4 Å². The Bertz CT molecular complexity index is 503. The Labute approximate surface area is 118 Å². The Hall–Kier alpha value is -1.27. The van der Waals surface area contributed by atoms with Crippen LogP contribution in [-0.2, 0) is 4.79 Å². The molecule has 18 heavy (non-hydrogen) atoms. The molecule has 0 bridgehead atoms. The summed E-state index contributed by atoms with van der Waals surface area (Å²) in [7, 11) is 0. The summed E-state index contributed by atoms with van der Waals surface area (Å²) in [4.78, 5) is 12.0. The summed E-state index contributed by atoms with van der Waals surface area (Å²) < 4.78 is 0.670. The third kappa shape index (κ3) is 3.14. The largest absolute Gasteiger partial charge is 0.409 e. The van der Waals surface area contributed by atoms with E-state index < -0.39 is 5.41 Å². The molecule has 0 saturated heterocycles. The number of amidine groups is 1. The van der Waals surface area contributed by atoms with Crippen molar-refractivity contribution in [2.24, 2.45) is 16.3 Å². The van der Waals surface area contributed by atoms with Crippen molar-refractivity contribution in [1.29, 1.82) is 0 Å². The topological polar surface area (TPSA) is 87.7 Å². The van der Waals surface area contributed by atoms with Crippen LogP contribution < -0.4 is 11.1 Å². The Balaban J connectivity index is 2.91. The van der Waals surface area contributed by atoms with E-state index >= 15 is 0 Å². The summed E-state index contributed by atoms with van der Waals surface area (Å²) in [6.07, 6.45) is 0. The number of nitrogens with zero attached hydrogens (tertiary/aromatic N) is 1. The lowest BCUT2D eigenvalue weighted by atomic mass is 9.91. The molecule has 0 aromatic heterocycles. The zero-order chi connectivity index (χ0) is 13.9. The average molecular weight is 335 g/mol. The van der Waals surface area contributed by atoms with Crippen molar-refractivity contribution in [1.82, 2.24) is 0 Å². The Morgan fingerprint density at radius 1 is 1.56 bits per heavy atom. The molecule has 1 aromatic carbocycles. The van der Waals surface area contributed by atoms with E-state index in [9.17, 15) is 4.79 Å². The maximum atomic E-state index is 12.0. The first-order valence-electron chi connectivity index (χ1n) is 5.03. The van der Waals surface area contributed by atoms with E-state index in [0.29, 0.717) is 15.2 Å². The molecule has 98 valence electrons. The Kier molecular flexibility index (Phi) is 4.59. The monoisotopic (exact) mass is 333 g/mol. The molecular formula is C11H13BrClN3O2. The molecule has 0 atom stereocenters. The highest BCUT2D eigenvalue weighted by atomic mass is 79.9. The van der Waals surface area contributed by atoms with Crippen molar-refractivity contribution < 1.29 is 10.0 Å². The molecule has 1 rings (SSSR count). The van der Waals surface area contributed by atoms with Crippen molar-refractivity contribution in [2.75, 3.05) is 5.32 Å². The van der Waals surface area contributed by atoms with Crippen molar-refractivity contribution in [3.63, 3.8) is 0 Å². The predicted octanol–water partition coefficient (Wildman–Crippen LogP) is 2.81. The molecule has 0 fully saturated rings. The number of anilines is 1. The molecule has 1 aromatic rings. The maximum Gasteiger partial charge on any atom is 0.237 e. The number of rotatable bonds is 3. The fourth-order valence-corrected chi connectivity index (χ4v) is 1.60. The van der Waals surface area contributed by atoms with Crippen LogP contribution in [0.3, 0.4) is 0 Å². The van der Waals surface area contributed by atoms with Gasteiger partial charge in [-0.05, 0) is 48.0 Å². The second kappa shape index (κ2) is 5.58. The normalized spacial score (nSPS) is 12.3. The minimum Gasteiger partial charge on any atom is -0.409 e. The number of nitrogens with one attached hydrogen (secondary N) is 1. The summed E-state index contributed by atoms with van der Waals surface area (Å²) in [5, 5.41) is 14.7. The van der Waals surface area contributed by atoms with Gasteiger partial charge in [-0.25, -0.2) is 0 Å². The molecule has 5 nitrogen and oxygen atoms in total. The third-order valence-corrected chi connectivity index (χ3v) is 3.71. The van der Waals surface area contributed by atoms with Crippen LogP contribution in [0.2, 0.25) is 5.02 Å². The highest BCUT2D eigenvalue weighted by molar-refractivity contribution is 9.10. The molecule has 0 aliphatic carbocycles. The van der Waals surface area contributed by atoms with Gasteiger partial charge in [0.25, 0.3) is 0 Å². The van der Waals surface area contributed by atoms with Crippen molar-refractivity contribution >= 4 is 45.0 Å². The van der Waals surface area contributed by atoms with E-state index in [0.717, 1.165) is 0 Å². The van der Waals surface area contributed by atoms with E-state index in [4.69, 9.17) is 22.5 Å². The lowest BCUT2D eigenvalue weighted by molar-refractivity contribution is -0.121. The number of hydrogen-bond acceptors (Lipinski definition) is 3. The van der Waals surface area contributed by atoms with Gasteiger partial charge in [-0.1, -0.05) is 16.8 Å². The first kappa shape index (κ1) is 14.8. The first-order valence-corrected chi connectivity index (χ1v) is 6.20. The van der Waals surface area contributed by atoms with Gasteiger partial charge in [0.2, 0.25) is 5.91 Å². The fourth-order valence-electron chi connectivity index (χ4n) is 1.10. The number of nitrogens with two attached hydrogens (primary N) is 1. The SMILES string of the molecule is CC(C)(C(=O)Nc1ccc(Cl)c(Br)c1)C(N)=NO. The number of benzene rings is 1. The van der Waals surface area contributed by atoms with Gasteiger partial charge < -0.3 is 16.3 Å². The van der Waals surface area contributed by atoms with Gasteiger partial charge in [0.15, 0.2) is 5.84 Å². The third-order valence-electron chi connectivity index (χ3n) is 2.49. The molecule has 0 radical (unpaired) electrons. The van der Waals surface area contributed by atoms with E-state index in [1.807, 2.05) is 0 Å². The van der Waals surface area contributed by atoms with Gasteiger partial charge in [-0.2, -0.15) is 0 Å². The molecule has 7 heteroatoms. The van der Waals surface area contributed by atoms with E-state index in [-0.39, 0.29) is 11.7 Å². The summed E-state index contributed by atoms with van der Waals surface area (Å²) in [6, 6.07) is 4.98. The van der Waals surface area contributed by atoms with Crippen LogP contribution in [0, 0.1) is 5.41 Å². The molecule has 0 heterocycles. The van der Waals surface area contributed by atoms with E-state index in [1.165, 1.54) is 0 Å². The zero-order valence-corrected chi connectivity index (χ0v) is 12.2. The highest BCUT2D eigenvalue weighted by Gasteiger charge is 2.32. The number of halogens is 2. The van der Waals surface area contributed by atoms with Gasteiger partial charge in [0.1, 0.15) is 5.41 Å². The minimum atomic E-state index is -1.11. The van der Waals surface area contributed by atoms with Gasteiger partial charge >= 0.3 is 0 Å². The maximum absolute atomic E-state index is 12.0. The number of oxime groups is 1. The summed E-state index contributed by atoms with van der Waals surface area (Å²) in [6.45, 7) is 3.12. The molecular weight excluding hydrogens is 321 g/mol. The molecule has 1 amide bonds. The van der Waals surface area contributed by atoms with Crippen LogP contribution in [0.5, 0.6) is 0 Å². The molecule has 0 aliphatic heterocycles.